The van der Waals surface area contributed by atoms with Gasteiger partial charge in [-0.05, 0) is 43.0 Å². The number of fused-ring (bicyclic) bond motifs is 1. The molecule has 2 aliphatic heterocycles. The molecule has 2 aliphatic rings. The topological polar surface area (TPSA) is 111 Å². The third kappa shape index (κ3) is 6.14. The van der Waals surface area contributed by atoms with Crippen molar-refractivity contribution in [2.45, 2.75) is 51.6 Å². The van der Waals surface area contributed by atoms with Gasteiger partial charge >= 0.3 is 5.97 Å². The first-order chi connectivity index (χ1) is 17.9. The van der Waals surface area contributed by atoms with Gasteiger partial charge in [0.05, 0.1) is 19.1 Å². The Morgan fingerprint density at radius 3 is 2.68 bits per heavy atom. The largest absolute Gasteiger partial charge is 0.481 e. The van der Waals surface area contributed by atoms with E-state index in [-0.39, 0.29) is 30.7 Å². The summed E-state index contributed by atoms with van der Waals surface area (Å²) in [5.74, 6) is -1.06. The Balaban J connectivity index is 1.61. The summed E-state index contributed by atoms with van der Waals surface area (Å²) in [6.07, 6.45) is 3.62. The van der Waals surface area contributed by atoms with Crippen molar-refractivity contribution >= 4 is 11.9 Å². The molecule has 1 saturated heterocycles. The number of hydroxylamine groups is 2. The maximum atomic E-state index is 13.3. The van der Waals surface area contributed by atoms with Gasteiger partial charge in [-0.2, -0.15) is 0 Å². The number of carboxylic acid groups (broad SMARTS) is 1. The smallest absolute Gasteiger partial charge is 0.308 e. The van der Waals surface area contributed by atoms with E-state index in [2.05, 4.69) is 0 Å². The molecule has 0 radical (unpaired) electrons. The molecule has 0 saturated carbocycles. The summed E-state index contributed by atoms with van der Waals surface area (Å²) >= 11 is 0. The Morgan fingerprint density at radius 2 is 1.95 bits per heavy atom. The zero-order valence-corrected chi connectivity index (χ0v) is 21.4. The van der Waals surface area contributed by atoms with Gasteiger partial charge in [-0.15, -0.1) is 0 Å². The number of likely N-dealkylation sites (tertiary alicyclic amines) is 1. The maximum absolute atomic E-state index is 13.3. The highest BCUT2D eigenvalue weighted by Gasteiger charge is 2.47. The normalized spacial score (nSPS) is 20.8. The minimum Gasteiger partial charge on any atom is -0.481 e. The summed E-state index contributed by atoms with van der Waals surface area (Å²) in [5, 5.41) is 11.7. The fraction of sp³-hybridized carbons (Fsp3) is 0.519. The van der Waals surface area contributed by atoms with Gasteiger partial charge in [0, 0.05) is 43.9 Å². The molecule has 1 unspecified atom stereocenters. The summed E-state index contributed by atoms with van der Waals surface area (Å²) in [7, 11) is 0. The number of carbonyl (C=O) groups excluding carboxylic acids is 1. The van der Waals surface area contributed by atoms with Crippen LogP contribution in [0.3, 0.4) is 0 Å². The SMILES string of the molecule is CCCON(CCC)C(=O)CN1C[C@H](c2ccc3c(c2)OCO3)C(C(=O)O)[C@@H]1CCn1ccccc1=O. The van der Waals surface area contributed by atoms with E-state index in [1.807, 2.05) is 30.9 Å². The van der Waals surface area contributed by atoms with Crippen molar-refractivity contribution < 1.29 is 29.0 Å². The van der Waals surface area contributed by atoms with Crippen LogP contribution in [0.4, 0.5) is 0 Å². The van der Waals surface area contributed by atoms with Crippen LogP contribution in [-0.4, -0.2) is 70.6 Å². The summed E-state index contributed by atoms with van der Waals surface area (Å²) in [5.41, 5.74) is 0.672. The van der Waals surface area contributed by atoms with Crippen molar-refractivity contribution in [3.63, 3.8) is 0 Å². The minimum absolute atomic E-state index is 0.0307. The van der Waals surface area contributed by atoms with Crippen molar-refractivity contribution in [2.75, 3.05) is 33.0 Å². The number of pyridine rings is 1. The Morgan fingerprint density at radius 1 is 1.14 bits per heavy atom. The van der Waals surface area contributed by atoms with E-state index in [0.717, 1.165) is 18.4 Å². The number of aryl methyl sites for hydroxylation is 1. The average molecular weight is 514 g/mol. The third-order valence-electron chi connectivity index (χ3n) is 6.92. The number of amides is 1. The van der Waals surface area contributed by atoms with Crippen LogP contribution in [0.25, 0.3) is 0 Å². The molecule has 200 valence electrons. The lowest BCUT2D eigenvalue weighted by Crippen LogP contribution is -2.45. The highest BCUT2D eigenvalue weighted by molar-refractivity contribution is 5.78. The molecular formula is C27H35N3O7. The lowest BCUT2D eigenvalue weighted by molar-refractivity contribution is -0.188. The van der Waals surface area contributed by atoms with Crippen LogP contribution in [-0.2, 0) is 21.0 Å². The van der Waals surface area contributed by atoms with Crippen LogP contribution < -0.4 is 15.0 Å². The molecule has 0 spiro atoms. The minimum atomic E-state index is -0.935. The molecule has 10 nitrogen and oxygen atoms in total. The van der Waals surface area contributed by atoms with Crippen molar-refractivity contribution in [2.24, 2.45) is 5.92 Å². The Bertz CT molecular complexity index is 1150. The highest BCUT2D eigenvalue weighted by Crippen LogP contribution is 2.42. The first-order valence-electron chi connectivity index (χ1n) is 12.9. The molecule has 1 amide bonds. The van der Waals surface area contributed by atoms with Gasteiger partial charge in [-0.1, -0.05) is 26.0 Å². The molecule has 2 aromatic rings. The predicted octanol–water partition coefficient (Wildman–Crippen LogP) is 2.72. The van der Waals surface area contributed by atoms with Crippen molar-refractivity contribution in [3.05, 3.63) is 58.5 Å². The summed E-state index contributed by atoms with van der Waals surface area (Å²) in [4.78, 5) is 45.8. The number of benzene rings is 1. The highest BCUT2D eigenvalue weighted by atomic mass is 16.7. The fourth-order valence-electron chi connectivity index (χ4n) is 5.17. The van der Waals surface area contributed by atoms with Crippen LogP contribution in [0, 0.1) is 5.92 Å². The number of carbonyl (C=O) groups is 2. The van der Waals surface area contributed by atoms with Gasteiger partial charge in [0.25, 0.3) is 5.91 Å². The van der Waals surface area contributed by atoms with E-state index < -0.39 is 17.9 Å². The Hall–Kier alpha value is -3.37. The van der Waals surface area contributed by atoms with Crippen LogP contribution in [0.15, 0.2) is 47.4 Å². The molecule has 0 aliphatic carbocycles. The summed E-state index contributed by atoms with van der Waals surface area (Å²) in [6, 6.07) is 9.96. The zero-order valence-electron chi connectivity index (χ0n) is 21.4. The van der Waals surface area contributed by atoms with Gasteiger partial charge in [0.15, 0.2) is 11.5 Å². The molecule has 1 aromatic heterocycles. The zero-order chi connectivity index (χ0) is 26.4. The molecule has 3 atom stereocenters. The number of aromatic nitrogens is 1. The molecule has 0 bridgehead atoms. The number of rotatable bonds is 12. The van der Waals surface area contributed by atoms with E-state index in [9.17, 15) is 19.5 Å². The first kappa shape index (κ1) is 26.7. The number of hydrogen-bond donors (Lipinski definition) is 1. The second-order valence-corrected chi connectivity index (χ2v) is 9.43. The number of ether oxygens (including phenoxy) is 2. The second kappa shape index (κ2) is 12.2. The number of nitrogens with zero attached hydrogens (tertiary/aromatic N) is 3. The summed E-state index contributed by atoms with van der Waals surface area (Å²) < 4.78 is 12.5. The van der Waals surface area contributed by atoms with E-state index in [0.29, 0.717) is 44.2 Å². The lowest BCUT2D eigenvalue weighted by Gasteiger charge is -2.29. The lowest BCUT2D eigenvalue weighted by atomic mass is 9.84. The van der Waals surface area contributed by atoms with Crippen molar-refractivity contribution in [1.29, 1.82) is 0 Å². The molecule has 1 fully saturated rings. The molecular weight excluding hydrogens is 478 g/mol. The standard InChI is InChI=1S/C27H35N3O7/c1-3-11-30(37-14-4-2)25(32)17-29-16-20(19-8-9-22-23(15-19)36-18-35-22)26(27(33)34)21(29)10-13-28-12-6-5-7-24(28)31/h5-9,12,15,20-21,26H,3-4,10-11,13-14,16-18H2,1-2H3,(H,33,34)/t20-,21+,26?/m1/s1. The molecule has 37 heavy (non-hydrogen) atoms. The maximum Gasteiger partial charge on any atom is 0.308 e. The van der Waals surface area contributed by atoms with Gasteiger partial charge in [-0.3, -0.25) is 24.1 Å². The molecule has 1 N–H and O–H groups in total. The molecule has 1 aromatic carbocycles. The van der Waals surface area contributed by atoms with E-state index in [1.165, 1.54) is 11.1 Å². The van der Waals surface area contributed by atoms with Crippen LogP contribution >= 0.6 is 0 Å². The monoisotopic (exact) mass is 513 g/mol. The fourth-order valence-corrected chi connectivity index (χ4v) is 5.17. The van der Waals surface area contributed by atoms with Gasteiger partial charge in [-0.25, -0.2) is 5.06 Å². The second-order valence-electron chi connectivity index (χ2n) is 9.43. The molecule has 4 rings (SSSR count). The number of aliphatic carboxylic acids is 1. The van der Waals surface area contributed by atoms with Crippen LogP contribution in [0.2, 0.25) is 0 Å². The quantitative estimate of drug-likeness (QED) is 0.432. The van der Waals surface area contributed by atoms with Gasteiger partial charge in [0.2, 0.25) is 12.4 Å². The number of carboxylic acids is 1. The van der Waals surface area contributed by atoms with Crippen molar-refractivity contribution in [1.82, 2.24) is 14.5 Å². The van der Waals surface area contributed by atoms with Crippen molar-refractivity contribution in [3.8, 4) is 11.5 Å². The average Bonchev–Trinajstić information content (AvgIpc) is 3.50. The first-order valence-corrected chi connectivity index (χ1v) is 12.9. The predicted molar refractivity (Wildman–Crippen MR) is 135 cm³/mol. The van der Waals surface area contributed by atoms with E-state index in [1.54, 1.807) is 29.0 Å². The number of hydrogen-bond acceptors (Lipinski definition) is 7. The van der Waals surface area contributed by atoms with Crippen LogP contribution in [0.5, 0.6) is 11.5 Å². The Kier molecular flexibility index (Phi) is 8.83. The van der Waals surface area contributed by atoms with Gasteiger partial charge < -0.3 is 19.1 Å². The van der Waals surface area contributed by atoms with E-state index >= 15 is 0 Å². The van der Waals surface area contributed by atoms with Crippen LogP contribution in [0.1, 0.15) is 44.6 Å². The third-order valence-corrected chi connectivity index (χ3v) is 6.92. The van der Waals surface area contributed by atoms with Gasteiger partial charge in [0.1, 0.15) is 0 Å². The van der Waals surface area contributed by atoms with E-state index in [4.69, 9.17) is 14.3 Å². The Labute approximate surface area is 216 Å². The molecule has 10 heteroatoms. The summed E-state index contributed by atoms with van der Waals surface area (Å²) in [6.45, 7) is 5.73. The molecule has 3 heterocycles.